The van der Waals surface area contributed by atoms with Crippen molar-refractivity contribution in [2.75, 3.05) is 4.72 Å². The first-order valence-corrected chi connectivity index (χ1v) is 7.34. The summed E-state index contributed by atoms with van der Waals surface area (Å²) in [6.45, 7) is 1.99. The number of hydrogen-bond acceptors (Lipinski definition) is 4. The van der Waals surface area contributed by atoms with E-state index in [4.69, 9.17) is 0 Å². The summed E-state index contributed by atoms with van der Waals surface area (Å²) in [6.07, 6.45) is 1.70. The van der Waals surface area contributed by atoms with Crippen molar-refractivity contribution in [2.24, 2.45) is 0 Å². The van der Waals surface area contributed by atoms with Crippen molar-refractivity contribution in [3.8, 4) is 0 Å². The van der Waals surface area contributed by atoms with Crippen LogP contribution in [0.4, 0.5) is 5.69 Å². The van der Waals surface area contributed by atoms with Crippen LogP contribution in [0.15, 0.2) is 44.9 Å². The van der Waals surface area contributed by atoms with Crippen molar-refractivity contribution < 1.29 is 8.42 Å². The van der Waals surface area contributed by atoms with Crippen molar-refractivity contribution in [3.05, 3.63) is 56.9 Å². The van der Waals surface area contributed by atoms with Crippen LogP contribution in [0.1, 0.15) is 12.5 Å². The van der Waals surface area contributed by atoms with E-state index in [9.17, 15) is 18.0 Å². The Kier molecular flexibility index (Phi) is 3.75. The molecule has 106 valence electrons. The number of nitrogens with one attached hydrogen (secondary N) is 3. The van der Waals surface area contributed by atoms with E-state index < -0.39 is 26.2 Å². The molecule has 0 spiro atoms. The van der Waals surface area contributed by atoms with Gasteiger partial charge in [-0.15, -0.1) is 0 Å². The second-order valence-electron chi connectivity index (χ2n) is 4.09. The van der Waals surface area contributed by atoms with Crippen molar-refractivity contribution in [1.29, 1.82) is 0 Å². The van der Waals surface area contributed by atoms with Crippen molar-refractivity contribution in [3.63, 3.8) is 0 Å². The summed E-state index contributed by atoms with van der Waals surface area (Å²) in [5.74, 6) is 0. The molecule has 1 aromatic heterocycles. The van der Waals surface area contributed by atoms with Gasteiger partial charge < -0.3 is 4.98 Å². The molecule has 3 N–H and O–H groups in total. The predicted octanol–water partition coefficient (Wildman–Crippen LogP) is 0.426. The number of H-pyrrole nitrogens is 2. The Hall–Kier alpha value is -2.35. The molecule has 0 saturated heterocycles. The van der Waals surface area contributed by atoms with E-state index in [0.717, 1.165) is 18.2 Å². The lowest BCUT2D eigenvalue weighted by Gasteiger charge is -2.07. The molecule has 0 fully saturated rings. The summed E-state index contributed by atoms with van der Waals surface area (Å²) in [6, 6.07) is 6.79. The fraction of sp³-hybridized carbons (Fsp3) is 0.167. The fourth-order valence-corrected chi connectivity index (χ4v) is 2.68. The van der Waals surface area contributed by atoms with Crippen LogP contribution in [0.2, 0.25) is 0 Å². The molecular formula is C12H13N3O4S. The third-order valence-corrected chi connectivity index (χ3v) is 4.08. The van der Waals surface area contributed by atoms with E-state index in [1.54, 1.807) is 24.3 Å². The molecule has 0 aliphatic rings. The Bertz CT molecular complexity index is 819. The maximum absolute atomic E-state index is 12.0. The SMILES string of the molecule is CCc1ccc(NS(=O)(=O)c2c[nH]c(=O)[nH]c2=O)cc1. The highest BCUT2D eigenvalue weighted by Crippen LogP contribution is 2.14. The molecule has 0 bridgehead atoms. The van der Waals surface area contributed by atoms with Gasteiger partial charge in [-0.3, -0.25) is 14.5 Å². The van der Waals surface area contributed by atoms with E-state index in [1.165, 1.54) is 0 Å². The molecule has 0 amide bonds. The van der Waals surface area contributed by atoms with E-state index >= 15 is 0 Å². The molecule has 8 heteroatoms. The Labute approximate surface area is 114 Å². The molecule has 2 rings (SSSR count). The summed E-state index contributed by atoms with van der Waals surface area (Å²) >= 11 is 0. The van der Waals surface area contributed by atoms with E-state index in [-0.39, 0.29) is 0 Å². The van der Waals surface area contributed by atoms with Crippen LogP contribution in [-0.4, -0.2) is 18.4 Å². The molecule has 0 saturated carbocycles. The number of anilines is 1. The minimum atomic E-state index is -4.04. The lowest BCUT2D eigenvalue weighted by atomic mass is 10.2. The maximum atomic E-state index is 12.0. The molecule has 7 nitrogen and oxygen atoms in total. The highest BCUT2D eigenvalue weighted by Gasteiger charge is 2.18. The van der Waals surface area contributed by atoms with E-state index in [0.29, 0.717) is 5.69 Å². The van der Waals surface area contributed by atoms with E-state index in [2.05, 4.69) is 9.71 Å². The summed E-state index contributed by atoms with van der Waals surface area (Å²) in [4.78, 5) is 25.8. The van der Waals surface area contributed by atoms with Gasteiger partial charge in [-0.1, -0.05) is 19.1 Å². The van der Waals surface area contributed by atoms with Gasteiger partial charge in [-0.05, 0) is 24.1 Å². The monoisotopic (exact) mass is 295 g/mol. The van der Waals surface area contributed by atoms with Gasteiger partial charge in [0.05, 0.1) is 0 Å². The van der Waals surface area contributed by atoms with Gasteiger partial charge in [0, 0.05) is 11.9 Å². The Morgan fingerprint density at radius 1 is 1.15 bits per heavy atom. The zero-order valence-electron chi connectivity index (χ0n) is 10.6. The van der Waals surface area contributed by atoms with Gasteiger partial charge in [-0.2, -0.15) is 0 Å². The quantitative estimate of drug-likeness (QED) is 0.759. The molecule has 0 atom stereocenters. The number of aromatic amines is 2. The third kappa shape index (κ3) is 2.97. The second-order valence-corrected chi connectivity index (χ2v) is 5.74. The van der Waals surface area contributed by atoms with Gasteiger partial charge >= 0.3 is 5.69 Å². The second kappa shape index (κ2) is 5.33. The summed E-state index contributed by atoms with van der Waals surface area (Å²) in [7, 11) is -4.04. The number of benzene rings is 1. The highest BCUT2D eigenvalue weighted by molar-refractivity contribution is 7.92. The van der Waals surface area contributed by atoms with Crippen molar-refractivity contribution >= 4 is 15.7 Å². The Balaban J connectivity index is 2.35. The first-order valence-electron chi connectivity index (χ1n) is 5.86. The first-order chi connectivity index (χ1) is 9.42. The average Bonchev–Trinajstić information content (AvgIpc) is 2.38. The van der Waals surface area contributed by atoms with Gasteiger partial charge in [0.15, 0.2) is 4.90 Å². The van der Waals surface area contributed by atoms with Crippen molar-refractivity contribution in [1.82, 2.24) is 9.97 Å². The maximum Gasteiger partial charge on any atom is 0.325 e. The topological polar surface area (TPSA) is 112 Å². The molecule has 2 aromatic rings. The number of hydrogen-bond donors (Lipinski definition) is 3. The Morgan fingerprint density at radius 2 is 1.80 bits per heavy atom. The molecule has 1 heterocycles. The lowest BCUT2D eigenvalue weighted by molar-refractivity contribution is 0.599. The Morgan fingerprint density at radius 3 is 2.35 bits per heavy atom. The third-order valence-electron chi connectivity index (χ3n) is 2.69. The smallest absolute Gasteiger partial charge is 0.313 e. The van der Waals surface area contributed by atoms with Crippen LogP contribution in [0.25, 0.3) is 0 Å². The molecule has 1 aromatic carbocycles. The number of sulfonamides is 1. The largest absolute Gasteiger partial charge is 0.325 e. The van der Waals surface area contributed by atoms with Crippen LogP contribution >= 0.6 is 0 Å². The average molecular weight is 295 g/mol. The predicted molar refractivity (Wildman–Crippen MR) is 74.3 cm³/mol. The van der Waals surface area contributed by atoms with Crippen LogP contribution in [0, 0.1) is 0 Å². The van der Waals surface area contributed by atoms with Crippen LogP contribution < -0.4 is 16.0 Å². The van der Waals surface area contributed by atoms with Crippen LogP contribution in [-0.2, 0) is 16.4 Å². The molecule has 0 aliphatic carbocycles. The summed E-state index contributed by atoms with van der Waals surface area (Å²) in [5.41, 5.74) is -0.324. The normalized spacial score (nSPS) is 11.2. The van der Waals surface area contributed by atoms with Crippen LogP contribution in [0.3, 0.4) is 0 Å². The molecule has 0 unspecified atom stereocenters. The fourth-order valence-electron chi connectivity index (χ4n) is 1.62. The first kappa shape index (κ1) is 14.1. The number of aryl methyl sites for hydroxylation is 1. The van der Waals surface area contributed by atoms with Gasteiger partial charge in [-0.25, -0.2) is 13.2 Å². The van der Waals surface area contributed by atoms with Crippen molar-refractivity contribution in [2.45, 2.75) is 18.2 Å². The molecular weight excluding hydrogens is 282 g/mol. The number of rotatable bonds is 4. The zero-order chi connectivity index (χ0) is 14.8. The summed E-state index contributed by atoms with van der Waals surface area (Å²) < 4.78 is 26.3. The number of aromatic nitrogens is 2. The lowest BCUT2D eigenvalue weighted by Crippen LogP contribution is -2.29. The van der Waals surface area contributed by atoms with E-state index in [1.807, 2.05) is 11.9 Å². The van der Waals surface area contributed by atoms with Crippen LogP contribution in [0.5, 0.6) is 0 Å². The molecule has 0 radical (unpaired) electrons. The molecule has 20 heavy (non-hydrogen) atoms. The minimum absolute atomic E-state index is 0.341. The van der Waals surface area contributed by atoms with Gasteiger partial charge in [0.25, 0.3) is 15.6 Å². The summed E-state index contributed by atoms with van der Waals surface area (Å²) in [5, 5.41) is 0. The van der Waals surface area contributed by atoms with Gasteiger partial charge in [0.1, 0.15) is 0 Å². The molecule has 0 aliphatic heterocycles. The zero-order valence-corrected chi connectivity index (χ0v) is 11.5. The standard InChI is InChI=1S/C12H13N3O4S/c1-2-8-3-5-9(6-4-8)15-20(18,19)10-7-13-12(17)14-11(10)16/h3-7,15H,2H2,1H3,(H2,13,14,16,17). The van der Waals surface area contributed by atoms with Gasteiger partial charge in [0.2, 0.25) is 0 Å². The highest BCUT2D eigenvalue weighted by atomic mass is 32.2. The minimum Gasteiger partial charge on any atom is -0.313 e.